The van der Waals surface area contributed by atoms with Crippen molar-refractivity contribution in [1.29, 1.82) is 0 Å². The number of halogens is 1. The van der Waals surface area contributed by atoms with E-state index in [0.717, 1.165) is 11.1 Å². The zero-order chi connectivity index (χ0) is 26.0. The minimum Gasteiger partial charge on any atom is -0.466 e. The number of hydrogen-bond acceptors (Lipinski definition) is 3. The summed E-state index contributed by atoms with van der Waals surface area (Å²) in [5, 5.41) is 0. The largest absolute Gasteiger partial charge is 0.466 e. The summed E-state index contributed by atoms with van der Waals surface area (Å²) in [5.41, 5.74) is 5.01. The van der Waals surface area contributed by atoms with Crippen LogP contribution in [0, 0.1) is 5.82 Å². The van der Waals surface area contributed by atoms with E-state index in [1.165, 1.54) is 17.2 Å². The normalized spacial score (nSPS) is 12.8. The van der Waals surface area contributed by atoms with E-state index in [-0.39, 0.29) is 30.3 Å². The highest BCUT2D eigenvalue weighted by molar-refractivity contribution is 5.70. The Morgan fingerprint density at radius 1 is 0.811 bits per heavy atom. The first-order valence-corrected chi connectivity index (χ1v) is 12.9. The average molecular weight is 496 g/mol. The summed E-state index contributed by atoms with van der Waals surface area (Å²) in [6, 6.07) is 35.5. The molecule has 0 heterocycles. The van der Waals surface area contributed by atoms with Gasteiger partial charge in [0, 0.05) is 25.0 Å². The second-order valence-corrected chi connectivity index (χ2v) is 9.28. The Hall–Kier alpha value is -3.76. The van der Waals surface area contributed by atoms with E-state index in [1.807, 2.05) is 67.6 Å². The Labute approximate surface area is 219 Å². The molecule has 4 aromatic rings. The number of benzene rings is 4. The lowest BCUT2D eigenvalue weighted by atomic mass is 9.94. The molecule has 0 fully saturated rings. The SMILES string of the molecule is CCOC(=O)C[C@@H](c1cccc(Cc2ccccc2F)c1)N(Cc1ccccc1)[C@H](C)c1ccccc1. The van der Waals surface area contributed by atoms with Crippen molar-refractivity contribution in [3.63, 3.8) is 0 Å². The van der Waals surface area contributed by atoms with Crippen LogP contribution in [0.1, 0.15) is 60.2 Å². The Kier molecular flexibility index (Phi) is 9.23. The molecule has 0 radical (unpaired) electrons. The fraction of sp³-hybridized carbons (Fsp3) is 0.242. The number of esters is 1. The second-order valence-electron chi connectivity index (χ2n) is 9.28. The zero-order valence-corrected chi connectivity index (χ0v) is 21.5. The van der Waals surface area contributed by atoms with Gasteiger partial charge in [0.25, 0.3) is 0 Å². The van der Waals surface area contributed by atoms with Crippen molar-refractivity contribution in [2.45, 2.75) is 45.3 Å². The van der Waals surface area contributed by atoms with Crippen LogP contribution in [0.2, 0.25) is 0 Å². The second kappa shape index (κ2) is 13.0. The van der Waals surface area contributed by atoms with Gasteiger partial charge in [-0.15, -0.1) is 0 Å². The minimum atomic E-state index is -0.231. The van der Waals surface area contributed by atoms with Gasteiger partial charge >= 0.3 is 5.97 Å². The number of rotatable bonds is 11. The van der Waals surface area contributed by atoms with Crippen LogP contribution in [-0.2, 0) is 22.5 Å². The molecule has 0 unspecified atom stereocenters. The molecule has 4 heteroatoms. The van der Waals surface area contributed by atoms with Gasteiger partial charge in [0.15, 0.2) is 0 Å². The summed E-state index contributed by atoms with van der Waals surface area (Å²) in [4.78, 5) is 15.2. The molecule has 37 heavy (non-hydrogen) atoms. The first-order chi connectivity index (χ1) is 18.0. The molecule has 0 saturated carbocycles. The molecule has 0 aromatic heterocycles. The number of carbonyl (C=O) groups is 1. The molecular weight excluding hydrogens is 461 g/mol. The van der Waals surface area contributed by atoms with E-state index in [4.69, 9.17) is 4.74 Å². The van der Waals surface area contributed by atoms with Gasteiger partial charge < -0.3 is 4.74 Å². The van der Waals surface area contributed by atoms with Gasteiger partial charge in [0.1, 0.15) is 5.82 Å². The monoisotopic (exact) mass is 495 g/mol. The smallest absolute Gasteiger partial charge is 0.307 e. The quantitative estimate of drug-likeness (QED) is 0.200. The first kappa shape index (κ1) is 26.3. The zero-order valence-electron chi connectivity index (χ0n) is 21.5. The average Bonchev–Trinajstić information content (AvgIpc) is 2.93. The van der Waals surface area contributed by atoms with Gasteiger partial charge in [-0.05, 0) is 47.7 Å². The Morgan fingerprint density at radius 2 is 1.43 bits per heavy atom. The van der Waals surface area contributed by atoms with Crippen molar-refractivity contribution in [2.24, 2.45) is 0 Å². The minimum absolute atomic E-state index is 0.0380. The molecule has 0 aliphatic carbocycles. The van der Waals surface area contributed by atoms with Crippen molar-refractivity contribution < 1.29 is 13.9 Å². The summed E-state index contributed by atoms with van der Waals surface area (Å²) in [5.74, 6) is -0.440. The van der Waals surface area contributed by atoms with Crippen molar-refractivity contribution in [3.05, 3.63) is 143 Å². The van der Waals surface area contributed by atoms with Crippen molar-refractivity contribution >= 4 is 5.97 Å². The maximum absolute atomic E-state index is 14.4. The molecule has 4 rings (SSSR count). The lowest BCUT2D eigenvalue weighted by Gasteiger charge is -2.37. The van der Waals surface area contributed by atoms with Gasteiger partial charge in [-0.3, -0.25) is 9.69 Å². The van der Waals surface area contributed by atoms with E-state index in [2.05, 4.69) is 48.2 Å². The van der Waals surface area contributed by atoms with Crippen LogP contribution in [0.25, 0.3) is 0 Å². The third-order valence-electron chi connectivity index (χ3n) is 6.74. The predicted molar refractivity (Wildman–Crippen MR) is 146 cm³/mol. The number of hydrogen-bond donors (Lipinski definition) is 0. The first-order valence-electron chi connectivity index (χ1n) is 12.9. The van der Waals surface area contributed by atoms with Crippen molar-refractivity contribution in [2.75, 3.05) is 6.61 Å². The number of ether oxygens (including phenoxy) is 1. The molecular formula is C33H34FNO2. The van der Waals surface area contributed by atoms with Crippen LogP contribution in [-0.4, -0.2) is 17.5 Å². The maximum Gasteiger partial charge on any atom is 0.307 e. The van der Waals surface area contributed by atoms with Gasteiger partial charge in [0.05, 0.1) is 13.0 Å². The van der Waals surface area contributed by atoms with Crippen LogP contribution in [0.5, 0.6) is 0 Å². The molecule has 2 atom stereocenters. The molecule has 0 amide bonds. The van der Waals surface area contributed by atoms with E-state index in [1.54, 1.807) is 6.07 Å². The Balaban J connectivity index is 1.74. The third-order valence-corrected chi connectivity index (χ3v) is 6.74. The summed E-state index contributed by atoms with van der Waals surface area (Å²) in [6.45, 7) is 5.01. The Morgan fingerprint density at radius 3 is 2.14 bits per heavy atom. The number of nitrogens with zero attached hydrogens (tertiary/aromatic N) is 1. The molecule has 4 aromatic carbocycles. The summed E-state index contributed by atoms with van der Waals surface area (Å²) < 4.78 is 19.8. The molecule has 190 valence electrons. The summed E-state index contributed by atoms with van der Waals surface area (Å²) in [6.07, 6.45) is 0.709. The van der Waals surface area contributed by atoms with Crippen molar-refractivity contribution in [3.8, 4) is 0 Å². The van der Waals surface area contributed by atoms with Crippen LogP contribution >= 0.6 is 0 Å². The Bertz CT molecular complexity index is 1280. The predicted octanol–water partition coefficient (Wildman–Crippen LogP) is 7.67. The van der Waals surface area contributed by atoms with Crippen LogP contribution in [0.15, 0.2) is 109 Å². The van der Waals surface area contributed by atoms with Gasteiger partial charge in [-0.2, -0.15) is 0 Å². The van der Waals surface area contributed by atoms with Crippen LogP contribution < -0.4 is 0 Å². The van der Waals surface area contributed by atoms with E-state index < -0.39 is 0 Å². The van der Waals surface area contributed by atoms with E-state index in [9.17, 15) is 9.18 Å². The van der Waals surface area contributed by atoms with Gasteiger partial charge in [0.2, 0.25) is 0 Å². The maximum atomic E-state index is 14.4. The van der Waals surface area contributed by atoms with Crippen molar-refractivity contribution in [1.82, 2.24) is 4.90 Å². The van der Waals surface area contributed by atoms with E-state index in [0.29, 0.717) is 25.1 Å². The lowest BCUT2D eigenvalue weighted by Crippen LogP contribution is -2.33. The number of carbonyl (C=O) groups excluding carboxylic acids is 1. The topological polar surface area (TPSA) is 29.5 Å². The highest BCUT2D eigenvalue weighted by atomic mass is 19.1. The molecule has 0 bridgehead atoms. The summed E-state index contributed by atoms with van der Waals surface area (Å²) in [7, 11) is 0. The van der Waals surface area contributed by atoms with Crippen LogP contribution in [0.4, 0.5) is 4.39 Å². The third kappa shape index (κ3) is 7.14. The lowest BCUT2D eigenvalue weighted by molar-refractivity contribution is -0.145. The molecule has 0 spiro atoms. The van der Waals surface area contributed by atoms with E-state index >= 15 is 0 Å². The highest BCUT2D eigenvalue weighted by Gasteiger charge is 2.29. The van der Waals surface area contributed by atoms with Gasteiger partial charge in [-0.25, -0.2) is 4.39 Å². The standard InChI is InChI=1S/C33H34FNO2/c1-3-37-33(36)23-32(30-19-12-15-27(22-30)21-29-18-10-11-20-31(29)34)35(24-26-13-6-4-7-14-26)25(2)28-16-8-5-9-17-28/h4-20,22,25,32H,3,21,23-24H2,1-2H3/t25-,32+/m1/s1. The highest BCUT2D eigenvalue weighted by Crippen LogP contribution is 2.35. The molecule has 0 saturated heterocycles. The molecule has 3 nitrogen and oxygen atoms in total. The van der Waals surface area contributed by atoms with Gasteiger partial charge in [-0.1, -0.05) is 103 Å². The summed E-state index contributed by atoms with van der Waals surface area (Å²) >= 11 is 0. The van der Waals surface area contributed by atoms with Crippen LogP contribution in [0.3, 0.4) is 0 Å². The molecule has 0 aliphatic heterocycles. The molecule has 0 N–H and O–H groups in total. The molecule has 0 aliphatic rings. The fourth-order valence-electron chi connectivity index (χ4n) is 4.81. The fourth-order valence-corrected chi connectivity index (χ4v) is 4.81.